The fourth-order valence-corrected chi connectivity index (χ4v) is 2.92. The molecule has 6 nitrogen and oxygen atoms in total. The number of rotatable bonds is 8. The molecule has 3 aromatic rings. The summed E-state index contributed by atoms with van der Waals surface area (Å²) in [5.74, 6) is 0.233. The highest BCUT2D eigenvalue weighted by atomic mass is 16.5. The molecule has 0 aliphatic heterocycles. The summed E-state index contributed by atoms with van der Waals surface area (Å²) in [4.78, 5) is 29.3. The maximum atomic E-state index is 13.1. The number of amides is 1. The predicted octanol–water partition coefficient (Wildman–Crippen LogP) is 4.84. The summed E-state index contributed by atoms with van der Waals surface area (Å²) in [6.07, 6.45) is 3.26. The molecule has 1 heterocycles. The number of hydrogen-bond acceptors (Lipinski definition) is 5. The fraction of sp³-hybridized carbons (Fsp3) is 0.160. The molecule has 1 amide bonds. The maximum Gasteiger partial charge on any atom is 0.338 e. The Kier molecular flexibility index (Phi) is 7.54. The lowest BCUT2D eigenvalue weighted by molar-refractivity contribution is -0.111. The van der Waals surface area contributed by atoms with Crippen molar-refractivity contribution in [2.75, 3.05) is 18.5 Å². The second-order valence-corrected chi connectivity index (χ2v) is 6.53. The van der Waals surface area contributed by atoms with E-state index in [1.807, 2.05) is 61.5 Å². The highest BCUT2D eigenvalue weighted by molar-refractivity contribution is 6.29. The molecule has 1 aromatic heterocycles. The van der Waals surface area contributed by atoms with Crippen molar-refractivity contribution in [2.45, 2.75) is 13.8 Å². The van der Waals surface area contributed by atoms with Crippen molar-refractivity contribution in [1.29, 1.82) is 0 Å². The van der Waals surface area contributed by atoms with Crippen molar-refractivity contribution in [3.05, 3.63) is 89.6 Å². The van der Waals surface area contributed by atoms with E-state index in [9.17, 15) is 9.59 Å². The van der Waals surface area contributed by atoms with Gasteiger partial charge in [0.2, 0.25) is 0 Å². The lowest BCUT2D eigenvalue weighted by Crippen LogP contribution is -2.15. The van der Waals surface area contributed by atoms with Crippen LogP contribution in [0.25, 0.3) is 11.6 Å². The van der Waals surface area contributed by atoms with Gasteiger partial charge in [0.15, 0.2) is 0 Å². The third-order valence-corrected chi connectivity index (χ3v) is 4.34. The maximum absolute atomic E-state index is 13.1. The zero-order valence-electron chi connectivity index (χ0n) is 17.5. The molecule has 1 N–H and O–H groups in total. The van der Waals surface area contributed by atoms with Gasteiger partial charge in [-0.2, -0.15) is 0 Å². The molecule has 0 fully saturated rings. The number of nitrogens with one attached hydrogen (secondary N) is 1. The van der Waals surface area contributed by atoms with Crippen LogP contribution in [0.15, 0.2) is 72.9 Å². The smallest absolute Gasteiger partial charge is 0.338 e. The van der Waals surface area contributed by atoms with Gasteiger partial charge in [0.1, 0.15) is 11.6 Å². The third-order valence-electron chi connectivity index (χ3n) is 4.34. The summed E-state index contributed by atoms with van der Waals surface area (Å²) in [7, 11) is 0. The van der Waals surface area contributed by atoms with Gasteiger partial charge in [0, 0.05) is 11.8 Å². The van der Waals surface area contributed by atoms with Crippen LogP contribution in [0.2, 0.25) is 0 Å². The Morgan fingerprint density at radius 3 is 2.35 bits per heavy atom. The van der Waals surface area contributed by atoms with E-state index in [4.69, 9.17) is 9.47 Å². The van der Waals surface area contributed by atoms with E-state index in [1.165, 1.54) is 12.3 Å². The minimum Gasteiger partial charge on any atom is -0.494 e. The van der Waals surface area contributed by atoms with Gasteiger partial charge in [0.05, 0.1) is 18.8 Å². The quantitative estimate of drug-likeness (QED) is 0.323. The van der Waals surface area contributed by atoms with Crippen LogP contribution in [0.5, 0.6) is 5.75 Å². The third kappa shape index (κ3) is 6.02. The Bertz CT molecular complexity index is 1060. The van der Waals surface area contributed by atoms with Crippen molar-refractivity contribution >= 4 is 29.3 Å². The first-order valence-corrected chi connectivity index (χ1v) is 10.0. The van der Waals surface area contributed by atoms with Crippen molar-refractivity contribution in [3.63, 3.8) is 0 Å². The average Bonchev–Trinajstić information content (AvgIpc) is 2.79. The number of aromatic nitrogens is 1. The van der Waals surface area contributed by atoms with E-state index in [0.717, 1.165) is 16.9 Å². The summed E-state index contributed by atoms with van der Waals surface area (Å²) >= 11 is 0. The minimum atomic E-state index is -0.464. The van der Waals surface area contributed by atoms with Crippen LogP contribution in [0.4, 0.5) is 5.82 Å². The number of benzene rings is 2. The van der Waals surface area contributed by atoms with Gasteiger partial charge in [-0.25, -0.2) is 9.78 Å². The molecule has 0 radical (unpaired) electrons. The zero-order valence-corrected chi connectivity index (χ0v) is 17.5. The summed E-state index contributed by atoms with van der Waals surface area (Å²) < 4.78 is 10.5. The van der Waals surface area contributed by atoms with Crippen LogP contribution in [-0.2, 0) is 9.53 Å². The number of hydrogen-bond donors (Lipinski definition) is 1. The Hall–Kier alpha value is -3.93. The number of pyridine rings is 1. The van der Waals surface area contributed by atoms with Crippen LogP contribution in [0, 0.1) is 0 Å². The molecule has 0 unspecified atom stereocenters. The lowest BCUT2D eigenvalue weighted by Gasteiger charge is -2.10. The molecule has 0 saturated carbocycles. The molecular formula is C25H24N2O4. The molecule has 0 aliphatic rings. The second-order valence-electron chi connectivity index (χ2n) is 6.53. The van der Waals surface area contributed by atoms with Crippen LogP contribution in [0.1, 0.15) is 35.3 Å². The topological polar surface area (TPSA) is 77.5 Å². The van der Waals surface area contributed by atoms with Gasteiger partial charge in [-0.15, -0.1) is 0 Å². The first kappa shape index (κ1) is 21.8. The van der Waals surface area contributed by atoms with Gasteiger partial charge in [-0.05, 0) is 55.3 Å². The van der Waals surface area contributed by atoms with Crippen molar-refractivity contribution in [3.8, 4) is 5.75 Å². The average molecular weight is 416 g/mol. The van der Waals surface area contributed by atoms with E-state index in [2.05, 4.69) is 10.3 Å². The molecule has 0 saturated heterocycles. The first-order chi connectivity index (χ1) is 15.1. The number of esters is 1. The van der Waals surface area contributed by atoms with Crippen LogP contribution in [-0.4, -0.2) is 30.1 Å². The van der Waals surface area contributed by atoms with E-state index in [-0.39, 0.29) is 18.3 Å². The monoisotopic (exact) mass is 416 g/mol. The molecule has 0 spiro atoms. The summed E-state index contributed by atoms with van der Waals surface area (Å²) in [5, 5.41) is 2.78. The largest absolute Gasteiger partial charge is 0.494 e. The van der Waals surface area contributed by atoms with E-state index in [0.29, 0.717) is 17.7 Å². The molecular weight excluding hydrogens is 392 g/mol. The molecule has 6 heteroatoms. The molecule has 31 heavy (non-hydrogen) atoms. The summed E-state index contributed by atoms with van der Waals surface area (Å²) in [5.41, 5.74) is 2.40. The second kappa shape index (κ2) is 10.7. The van der Waals surface area contributed by atoms with Crippen LogP contribution < -0.4 is 10.1 Å². The zero-order chi connectivity index (χ0) is 22.1. The highest BCUT2D eigenvalue weighted by Gasteiger charge is 2.15. The van der Waals surface area contributed by atoms with Crippen LogP contribution in [0.3, 0.4) is 0 Å². The molecule has 158 valence electrons. The molecule has 0 aliphatic carbocycles. The normalized spacial score (nSPS) is 11.0. The van der Waals surface area contributed by atoms with Crippen LogP contribution >= 0.6 is 0 Å². The lowest BCUT2D eigenvalue weighted by atomic mass is 10.0. The predicted molar refractivity (Wildman–Crippen MR) is 121 cm³/mol. The number of carbonyl (C=O) groups excluding carboxylic acids is 2. The Balaban J connectivity index is 1.89. The van der Waals surface area contributed by atoms with Gasteiger partial charge in [-0.1, -0.05) is 42.5 Å². The molecule has 0 bridgehead atoms. The minimum absolute atomic E-state index is 0.268. The van der Waals surface area contributed by atoms with Gasteiger partial charge in [-0.3, -0.25) is 4.79 Å². The summed E-state index contributed by atoms with van der Waals surface area (Å²) in [6, 6.07) is 19.9. The number of nitrogens with zero attached hydrogens (tertiary/aromatic N) is 1. The number of ether oxygens (including phenoxy) is 2. The molecule has 2 aromatic carbocycles. The summed E-state index contributed by atoms with van der Waals surface area (Å²) in [6.45, 7) is 4.52. The SMILES string of the molecule is CCOC(=O)c1ccnc(NC(=O)/C(=C/c2ccc(OCC)cc2)c2ccccc2)c1. The Morgan fingerprint density at radius 1 is 0.935 bits per heavy atom. The number of carbonyl (C=O) groups is 2. The molecule has 3 rings (SSSR count). The van der Waals surface area contributed by atoms with E-state index < -0.39 is 5.97 Å². The Labute approximate surface area is 181 Å². The highest BCUT2D eigenvalue weighted by Crippen LogP contribution is 2.22. The first-order valence-electron chi connectivity index (χ1n) is 10.0. The van der Waals surface area contributed by atoms with E-state index in [1.54, 1.807) is 19.1 Å². The van der Waals surface area contributed by atoms with Crippen molar-refractivity contribution in [1.82, 2.24) is 4.98 Å². The van der Waals surface area contributed by atoms with Gasteiger partial charge < -0.3 is 14.8 Å². The number of anilines is 1. The van der Waals surface area contributed by atoms with Gasteiger partial charge in [0.25, 0.3) is 5.91 Å². The standard InChI is InChI=1S/C25H24N2O4/c1-3-30-21-12-10-18(11-13-21)16-22(19-8-6-5-7-9-19)24(28)27-23-17-20(14-15-26-23)25(29)31-4-2/h5-17H,3-4H2,1-2H3,(H,26,27,28)/b22-16+. The van der Waals surface area contributed by atoms with Gasteiger partial charge >= 0.3 is 5.97 Å². The molecule has 0 atom stereocenters. The fourth-order valence-electron chi connectivity index (χ4n) is 2.92. The van der Waals surface area contributed by atoms with E-state index >= 15 is 0 Å². The van der Waals surface area contributed by atoms with Crippen molar-refractivity contribution in [2.24, 2.45) is 0 Å². The Morgan fingerprint density at radius 2 is 1.68 bits per heavy atom. The van der Waals surface area contributed by atoms with Crippen molar-refractivity contribution < 1.29 is 19.1 Å².